The minimum atomic E-state index is -4.27. The fourth-order valence-electron chi connectivity index (χ4n) is 2.35. The van der Waals surface area contributed by atoms with Crippen molar-refractivity contribution in [3.63, 3.8) is 0 Å². The van der Waals surface area contributed by atoms with Crippen LogP contribution in [0.3, 0.4) is 0 Å². The third kappa shape index (κ3) is 4.53. The Bertz CT molecular complexity index is 399. The topological polar surface area (TPSA) is 12.0 Å². The molecular weight excluding hydrogens is 251 g/mol. The molecule has 108 valence electrons. The number of hydrogen-bond acceptors (Lipinski definition) is 1. The van der Waals surface area contributed by atoms with E-state index in [0.29, 0.717) is 18.3 Å². The van der Waals surface area contributed by atoms with Gasteiger partial charge < -0.3 is 5.32 Å². The summed E-state index contributed by atoms with van der Waals surface area (Å²) in [5, 5.41) is 3.19. The average Bonchev–Trinajstić information content (AvgIpc) is 2.34. The largest absolute Gasteiger partial charge is 0.416 e. The molecule has 1 aromatic rings. The van der Waals surface area contributed by atoms with Crippen molar-refractivity contribution >= 4 is 0 Å². The molecule has 0 saturated carbocycles. The van der Waals surface area contributed by atoms with E-state index in [9.17, 15) is 13.2 Å². The first kappa shape index (κ1) is 16.0. The Kier molecular flexibility index (Phi) is 5.41. The smallest absolute Gasteiger partial charge is 0.317 e. The molecule has 4 heteroatoms. The summed E-state index contributed by atoms with van der Waals surface area (Å²) in [7, 11) is 1.88. The molecule has 2 atom stereocenters. The summed E-state index contributed by atoms with van der Waals surface area (Å²) in [6, 6.07) is 5.91. The van der Waals surface area contributed by atoms with Crippen LogP contribution < -0.4 is 5.32 Å². The van der Waals surface area contributed by atoms with Gasteiger partial charge in [0.05, 0.1) is 5.56 Å². The zero-order chi connectivity index (χ0) is 14.6. The summed E-state index contributed by atoms with van der Waals surface area (Å²) in [5.74, 6) is 0.727. The first-order valence-corrected chi connectivity index (χ1v) is 6.59. The summed E-state index contributed by atoms with van der Waals surface area (Å²) < 4.78 is 38.0. The van der Waals surface area contributed by atoms with Crippen LogP contribution in [-0.2, 0) is 12.6 Å². The summed E-state index contributed by atoms with van der Waals surface area (Å²) in [6.07, 6.45) is -3.61. The lowest BCUT2D eigenvalue weighted by molar-refractivity contribution is -0.137. The van der Waals surface area contributed by atoms with E-state index in [2.05, 4.69) is 26.1 Å². The Morgan fingerprint density at radius 2 is 1.79 bits per heavy atom. The second-order valence-electron chi connectivity index (χ2n) is 5.39. The van der Waals surface area contributed by atoms with Crippen LogP contribution in [0.15, 0.2) is 24.3 Å². The minimum Gasteiger partial charge on any atom is -0.317 e. The van der Waals surface area contributed by atoms with Crippen LogP contribution in [0.4, 0.5) is 13.2 Å². The molecule has 0 fully saturated rings. The van der Waals surface area contributed by atoms with Crippen LogP contribution in [0.5, 0.6) is 0 Å². The Labute approximate surface area is 113 Å². The van der Waals surface area contributed by atoms with Gasteiger partial charge in [-0.05, 0) is 43.9 Å². The average molecular weight is 273 g/mol. The third-order valence-corrected chi connectivity index (χ3v) is 3.68. The highest BCUT2D eigenvalue weighted by Gasteiger charge is 2.30. The summed E-state index contributed by atoms with van der Waals surface area (Å²) in [5.41, 5.74) is 0.181. The highest BCUT2D eigenvalue weighted by Crippen LogP contribution is 2.30. The highest BCUT2D eigenvalue weighted by atomic mass is 19.4. The molecule has 0 spiro atoms. The maximum absolute atomic E-state index is 12.7. The first-order valence-electron chi connectivity index (χ1n) is 6.59. The van der Waals surface area contributed by atoms with Crippen molar-refractivity contribution in [1.29, 1.82) is 0 Å². The summed E-state index contributed by atoms with van der Waals surface area (Å²) in [4.78, 5) is 0. The monoisotopic (exact) mass is 273 g/mol. The Balaban J connectivity index is 2.91. The number of alkyl halides is 3. The van der Waals surface area contributed by atoms with Crippen LogP contribution in [0.25, 0.3) is 0 Å². The Morgan fingerprint density at radius 1 is 1.16 bits per heavy atom. The van der Waals surface area contributed by atoms with Crippen molar-refractivity contribution in [1.82, 2.24) is 5.32 Å². The lowest BCUT2D eigenvalue weighted by Gasteiger charge is -2.27. The van der Waals surface area contributed by atoms with E-state index in [1.54, 1.807) is 6.07 Å². The highest BCUT2D eigenvalue weighted by molar-refractivity contribution is 5.26. The van der Waals surface area contributed by atoms with Crippen LogP contribution in [0, 0.1) is 11.8 Å². The molecule has 0 heterocycles. The Hall–Kier alpha value is -1.03. The van der Waals surface area contributed by atoms with Gasteiger partial charge in [0, 0.05) is 6.04 Å². The normalized spacial score (nSPS) is 15.6. The van der Waals surface area contributed by atoms with E-state index in [0.717, 1.165) is 11.6 Å². The lowest BCUT2D eigenvalue weighted by atomic mass is 9.84. The van der Waals surface area contributed by atoms with E-state index < -0.39 is 11.7 Å². The van der Waals surface area contributed by atoms with E-state index >= 15 is 0 Å². The molecule has 0 aliphatic heterocycles. The number of rotatable bonds is 5. The van der Waals surface area contributed by atoms with Crippen LogP contribution in [0.2, 0.25) is 0 Å². The molecule has 19 heavy (non-hydrogen) atoms. The minimum absolute atomic E-state index is 0.273. The first-order chi connectivity index (χ1) is 8.75. The van der Waals surface area contributed by atoms with Gasteiger partial charge in [-0.2, -0.15) is 13.2 Å². The van der Waals surface area contributed by atoms with E-state index in [1.807, 2.05) is 7.05 Å². The fraction of sp³-hybridized carbons (Fsp3) is 0.600. The van der Waals surface area contributed by atoms with Crippen molar-refractivity contribution in [2.45, 2.75) is 39.4 Å². The second kappa shape index (κ2) is 6.42. The van der Waals surface area contributed by atoms with Gasteiger partial charge in [-0.15, -0.1) is 0 Å². The predicted molar refractivity (Wildman–Crippen MR) is 72.0 cm³/mol. The molecule has 1 nitrogen and oxygen atoms in total. The molecule has 0 amide bonds. The van der Waals surface area contributed by atoms with E-state index in [4.69, 9.17) is 0 Å². The standard InChI is InChI=1S/C15H22F3N/c1-10(2)14(11(3)19-4)9-12-6-5-7-13(8-12)15(16,17)18/h5-8,10-11,14,19H,9H2,1-4H3. The molecule has 0 saturated heterocycles. The molecule has 0 aliphatic carbocycles. The van der Waals surface area contributed by atoms with Gasteiger partial charge >= 0.3 is 6.18 Å². The molecular formula is C15H22F3N. The Morgan fingerprint density at radius 3 is 2.26 bits per heavy atom. The van der Waals surface area contributed by atoms with Crippen molar-refractivity contribution in [2.24, 2.45) is 11.8 Å². The summed E-state index contributed by atoms with van der Waals surface area (Å²) >= 11 is 0. The number of nitrogens with one attached hydrogen (secondary N) is 1. The number of hydrogen-bond donors (Lipinski definition) is 1. The van der Waals surface area contributed by atoms with Gasteiger partial charge in [0.25, 0.3) is 0 Å². The van der Waals surface area contributed by atoms with Crippen molar-refractivity contribution in [3.05, 3.63) is 35.4 Å². The van der Waals surface area contributed by atoms with Crippen LogP contribution in [0.1, 0.15) is 31.9 Å². The van der Waals surface area contributed by atoms with Crippen molar-refractivity contribution in [3.8, 4) is 0 Å². The predicted octanol–water partition coefficient (Wildman–Crippen LogP) is 4.13. The second-order valence-corrected chi connectivity index (χ2v) is 5.39. The van der Waals surface area contributed by atoms with Crippen LogP contribution >= 0.6 is 0 Å². The molecule has 0 aromatic heterocycles. The SMILES string of the molecule is CNC(C)C(Cc1cccc(C(F)(F)F)c1)C(C)C. The van der Waals surface area contributed by atoms with E-state index in [1.165, 1.54) is 12.1 Å². The van der Waals surface area contributed by atoms with E-state index in [-0.39, 0.29) is 6.04 Å². The molecule has 1 aromatic carbocycles. The molecule has 2 unspecified atom stereocenters. The van der Waals surface area contributed by atoms with Crippen LogP contribution in [-0.4, -0.2) is 13.1 Å². The number of halogens is 3. The zero-order valence-corrected chi connectivity index (χ0v) is 11.9. The molecule has 0 bridgehead atoms. The van der Waals surface area contributed by atoms with Gasteiger partial charge in [-0.3, -0.25) is 0 Å². The van der Waals surface area contributed by atoms with Crippen molar-refractivity contribution in [2.75, 3.05) is 7.05 Å². The van der Waals surface area contributed by atoms with Crippen molar-refractivity contribution < 1.29 is 13.2 Å². The zero-order valence-electron chi connectivity index (χ0n) is 11.9. The maximum atomic E-state index is 12.7. The van der Waals surface area contributed by atoms with Gasteiger partial charge in [-0.25, -0.2) is 0 Å². The third-order valence-electron chi connectivity index (χ3n) is 3.68. The molecule has 1 rings (SSSR count). The fourth-order valence-corrected chi connectivity index (χ4v) is 2.35. The quantitative estimate of drug-likeness (QED) is 0.850. The number of benzene rings is 1. The van der Waals surface area contributed by atoms with Gasteiger partial charge in [0.1, 0.15) is 0 Å². The lowest BCUT2D eigenvalue weighted by Crippen LogP contribution is -2.35. The van der Waals surface area contributed by atoms with Gasteiger partial charge in [-0.1, -0.05) is 32.0 Å². The maximum Gasteiger partial charge on any atom is 0.416 e. The van der Waals surface area contributed by atoms with Gasteiger partial charge in [0.2, 0.25) is 0 Å². The molecule has 1 N–H and O–H groups in total. The summed E-state index contributed by atoms with van der Waals surface area (Å²) in [6.45, 7) is 6.27. The molecule has 0 aliphatic rings. The molecule has 0 radical (unpaired) electrons. The van der Waals surface area contributed by atoms with Gasteiger partial charge in [0.15, 0.2) is 0 Å².